The van der Waals surface area contributed by atoms with E-state index in [-0.39, 0.29) is 65.2 Å². The Hall–Kier alpha value is -12.0. The maximum Gasteiger partial charge on any atom is 0.410 e. The molecule has 0 radical (unpaired) electrons. The van der Waals surface area contributed by atoms with Crippen molar-refractivity contribution in [3.63, 3.8) is 0 Å². The van der Waals surface area contributed by atoms with Gasteiger partial charge in [-0.05, 0) is 197 Å². The molecule has 130 heavy (non-hydrogen) atoms. The number of anilines is 2. The van der Waals surface area contributed by atoms with Crippen LogP contribution in [-0.4, -0.2) is 201 Å². The predicted molar refractivity (Wildman–Crippen MR) is 513 cm³/mol. The van der Waals surface area contributed by atoms with E-state index in [2.05, 4.69) is 131 Å². The number of hydrogen-bond donors (Lipinski definition) is 2. The summed E-state index contributed by atoms with van der Waals surface area (Å²) in [6, 6.07) is 44.2. The Labute approximate surface area is 786 Å². The number of halogens is 8. The lowest BCUT2D eigenvalue weighted by atomic mass is 9.89. The van der Waals surface area contributed by atoms with Crippen LogP contribution in [0.2, 0.25) is 0 Å². The highest BCUT2D eigenvalue weighted by Crippen LogP contribution is 2.39. The number of alkyl halides is 1. The number of thiocarbonyl (C=S) groups is 2. The maximum absolute atomic E-state index is 13.6. The van der Waals surface area contributed by atoms with Crippen LogP contribution < -0.4 is 29.7 Å². The van der Waals surface area contributed by atoms with Gasteiger partial charge in [-0.3, -0.25) is 29.5 Å². The van der Waals surface area contributed by atoms with Gasteiger partial charge in [0.1, 0.15) is 46.9 Å². The monoisotopic (exact) mass is 2000 g/mol. The van der Waals surface area contributed by atoms with Crippen LogP contribution in [0.4, 0.5) is 48.9 Å². The van der Waals surface area contributed by atoms with Gasteiger partial charge in [-0.2, -0.15) is 4.99 Å². The number of carbonyl (C=O) groups excluding carboxylic acids is 2. The highest BCUT2D eigenvalue weighted by Gasteiger charge is 2.38. The Balaban J connectivity index is 0.000000142. The van der Waals surface area contributed by atoms with Gasteiger partial charge in [0, 0.05) is 211 Å². The SMILES string of the molecule is CC(C)(C)OC(=O)N1CC(I)C1.CC(C)(C)OC(=O)N1CC(c2ccnc3cc(F)ccc23)C1.COCc1nnc(N2CC(c3ccnc4cc(F)ccc34)C2)n1-c1ccc(OC)nc1.COc1ccc(N=C=S)cn1.COc1ccc(NC(=S)N2CC(c3ccnc4cc(F)ccc34)C2)cn1.Cl.Fc1ccc2c(Br)ccnc2c1.Fc1ccc2c(C3CNC3)ccnc2c1. The maximum atomic E-state index is 13.6. The van der Waals surface area contributed by atoms with Crippen LogP contribution in [-0.2, 0) is 20.8 Å². The molecule has 2 N–H and O–H groups in total. The minimum Gasteiger partial charge on any atom is -0.481 e. The largest absolute Gasteiger partial charge is 0.481 e. The lowest BCUT2D eigenvalue weighted by Crippen LogP contribution is -2.52. The number of benzene rings is 5. The first kappa shape index (κ1) is 97.1. The molecule has 2 amide bonds. The molecule has 9 aromatic heterocycles. The van der Waals surface area contributed by atoms with E-state index in [0.29, 0.717) is 97.7 Å². The summed E-state index contributed by atoms with van der Waals surface area (Å²) in [5.41, 5.74) is 9.63. The molecule has 19 rings (SSSR count). The van der Waals surface area contributed by atoms with Gasteiger partial charge in [0.15, 0.2) is 10.9 Å². The Morgan fingerprint density at radius 2 is 0.885 bits per heavy atom. The van der Waals surface area contributed by atoms with Crippen molar-refractivity contribution in [2.45, 2.75) is 86.9 Å². The molecule has 0 bridgehead atoms. The zero-order valence-electron chi connectivity index (χ0n) is 72.6. The summed E-state index contributed by atoms with van der Waals surface area (Å²) in [5.74, 6) is 3.21. The second-order valence-corrected chi connectivity index (χ2v) is 35.5. The first-order chi connectivity index (χ1) is 62.0. The number of carbonyl (C=O) groups is 2. The summed E-state index contributed by atoms with van der Waals surface area (Å²) in [4.78, 5) is 68.0. The van der Waals surface area contributed by atoms with E-state index in [9.17, 15) is 31.5 Å². The molecule has 0 atom stereocenters. The Morgan fingerprint density at radius 1 is 0.492 bits per heavy atom. The van der Waals surface area contributed by atoms with Crippen molar-refractivity contribution < 1.29 is 60.0 Å². The van der Waals surface area contributed by atoms with Crippen molar-refractivity contribution in [3.8, 4) is 23.3 Å². The average Bonchev–Trinajstić information content (AvgIpc) is 1.49. The molecular formula is C94H94BrClF5IN18O8S2. The van der Waals surface area contributed by atoms with E-state index in [4.69, 9.17) is 40.6 Å². The number of aromatic nitrogens is 11. The zero-order valence-corrected chi connectivity index (χ0v) is 78.8. The van der Waals surface area contributed by atoms with E-state index >= 15 is 0 Å². The Bertz CT molecular complexity index is 6330. The van der Waals surface area contributed by atoms with Crippen LogP contribution in [0, 0.1) is 29.1 Å². The molecule has 14 heterocycles. The third-order valence-electron chi connectivity index (χ3n) is 21.0. The van der Waals surface area contributed by atoms with Gasteiger partial charge < -0.3 is 58.7 Å². The number of aliphatic imine (C=N–C) groups is 1. The lowest BCUT2D eigenvalue weighted by molar-refractivity contribution is 0.00816. The van der Waals surface area contributed by atoms with E-state index in [1.54, 1.807) is 136 Å². The van der Waals surface area contributed by atoms with Gasteiger partial charge in [-0.1, -0.05) is 38.5 Å². The number of nitrogens with zero attached hydrogens (tertiary/aromatic N) is 16. The molecular weight excluding hydrogens is 1910 g/mol. The summed E-state index contributed by atoms with van der Waals surface area (Å²) in [7, 11) is 6.35. The number of methoxy groups -OCH3 is 4. The van der Waals surface area contributed by atoms with Crippen LogP contribution in [0.1, 0.15) is 93.3 Å². The second kappa shape index (κ2) is 44.6. The molecule has 0 saturated carbocycles. The number of fused-ring (bicyclic) bond motifs is 5. The fraction of sp³-hybridized carbons (Fsp3) is 0.298. The lowest BCUT2D eigenvalue weighted by Gasteiger charge is -2.41. The van der Waals surface area contributed by atoms with E-state index in [1.165, 1.54) is 71.8 Å². The number of isothiocyanates is 1. The smallest absolute Gasteiger partial charge is 0.410 e. The standard InChI is InChI=1S/C22H21FN6O2.C19H17FN4OS.C17H19FN2O2.C12H11FN2.C9H5BrFN.C8H14INO2.C7H6N2OS.ClH/c1-30-13-20-26-27-22(29(20)16-4-6-21(31-2)25-10-16)28-11-14(12-28)17-7-8-24-19-9-15(23)3-5-18(17)19;1-25-18-5-3-14(9-22-18)23-19(26)24-10-12(11-24)15-6-7-21-17-8-13(20)2-4-16(15)17;1-17(2,3)22-16(21)20-9-11(10-20)13-6-7-19-15-8-12(18)4-5-14(13)15;13-9-1-2-11-10(8-6-14-7-8)3-4-15-12(11)5-9;10-8-3-4-12-9-5-6(11)1-2-7(8)9;1-8(2,3)12-7(11)10-4-6(9)5-10;1-10-7-3-2-6(4-8-7)9-5-11;/h3-10,14H,11-13H2,1-2H3;2-9,12H,10-11H2,1H3,(H,23,26);4-8,11H,9-10H2,1-3H3;1-5,8,14H,6-7H2;1-5H;6H,4-5H2,1-3H3;2-4H,1H3;1H. The van der Waals surface area contributed by atoms with Crippen LogP contribution in [0.3, 0.4) is 0 Å². The number of ether oxygens (including phenoxy) is 6. The molecule has 0 unspecified atom stereocenters. The summed E-state index contributed by atoms with van der Waals surface area (Å²) < 4.78 is 100. The minimum atomic E-state index is -0.483. The van der Waals surface area contributed by atoms with E-state index in [0.717, 1.165) is 118 Å². The van der Waals surface area contributed by atoms with Crippen molar-refractivity contribution in [2.24, 2.45) is 4.99 Å². The van der Waals surface area contributed by atoms with Gasteiger partial charge in [-0.25, -0.2) is 46.5 Å². The molecule has 5 aliphatic rings. The normalized spacial score (nSPS) is 14.2. The van der Waals surface area contributed by atoms with Gasteiger partial charge in [-0.15, -0.1) is 22.6 Å². The quantitative estimate of drug-likeness (QED) is 0.0357. The number of pyridine rings is 8. The molecule has 0 spiro atoms. The summed E-state index contributed by atoms with van der Waals surface area (Å²) in [6.07, 6.45) is 13.1. The van der Waals surface area contributed by atoms with Gasteiger partial charge in [0.2, 0.25) is 23.6 Å². The van der Waals surface area contributed by atoms with Crippen LogP contribution in [0.15, 0.2) is 217 Å². The molecule has 0 aliphatic carbocycles. The fourth-order valence-corrected chi connectivity index (χ4v) is 16.1. The number of amides is 2. The van der Waals surface area contributed by atoms with Crippen molar-refractivity contribution in [1.82, 2.24) is 74.7 Å². The summed E-state index contributed by atoms with van der Waals surface area (Å²) >= 11 is 15.6. The highest BCUT2D eigenvalue weighted by atomic mass is 127. The van der Waals surface area contributed by atoms with Crippen LogP contribution in [0.25, 0.3) is 60.2 Å². The number of likely N-dealkylation sites (tertiary alicyclic amines) is 3. The van der Waals surface area contributed by atoms with Crippen molar-refractivity contribution >= 4 is 170 Å². The van der Waals surface area contributed by atoms with E-state index in [1.807, 2.05) is 94.6 Å². The average molecular weight is 2010 g/mol. The number of hydrogen-bond acceptors (Lipinski definition) is 23. The third-order valence-corrected chi connectivity index (χ3v) is 22.9. The van der Waals surface area contributed by atoms with Crippen molar-refractivity contribution in [2.75, 3.05) is 104 Å². The number of rotatable bonds is 13. The first-order valence-corrected chi connectivity index (χ1v) is 43.9. The van der Waals surface area contributed by atoms with Gasteiger partial charge >= 0.3 is 12.2 Å². The van der Waals surface area contributed by atoms with Crippen LogP contribution >= 0.6 is 75.4 Å². The van der Waals surface area contributed by atoms with Gasteiger partial charge in [0.25, 0.3) is 0 Å². The number of nitrogens with one attached hydrogen (secondary N) is 2. The topological polar surface area (TPSA) is 273 Å². The molecule has 5 saturated heterocycles. The van der Waals surface area contributed by atoms with Crippen molar-refractivity contribution in [3.05, 3.63) is 269 Å². The van der Waals surface area contributed by atoms with E-state index < -0.39 is 5.60 Å². The van der Waals surface area contributed by atoms with Crippen molar-refractivity contribution in [1.29, 1.82) is 0 Å². The predicted octanol–water partition coefficient (Wildman–Crippen LogP) is 19.9. The zero-order chi connectivity index (χ0) is 91.6. The molecule has 676 valence electrons. The molecule has 5 aromatic carbocycles. The highest BCUT2D eigenvalue weighted by molar-refractivity contribution is 14.1. The van der Waals surface area contributed by atoms with Gasteiger partial charge in [0.05, 0.1) is 89.7 Å². The third kappa shape index (κ3) is 25.4. The Morgan fingerprint density at radius 3 is 1.26 bits per heavy atom. The first-order valence-electron chi connectivity index (χ1n) is 41.0. The molecule has 36 heteroatoms. The molecule has 26 nitrogen and oxygen atoms in total. The summed E-state index contributed by atoms with van der Waals surface area (Å²) in [5, 5.41) is 23.0. The minimum absolute atomic E-state index is 0. The second-order valence-electron chi connectivity index (χ2n) is 32.3. The summed E-state index contributed by atoms with van der Waals surface area (Å²) in [6.45, 7) is 19.6. The molecule has 14 aromatic rings. The molecule has 5 fully saturated rings. The Kier molecular flexibility index (Phi) is 33.3. The molecule has 5 aliphatic heterocycles. The van der Waals surface area contributed by atoms with Crippen LogP contribution in [0.5, 0.6) is 17.6 Å². The fourth-order valence-electron chi connectivity index (χ4n) is 14.3.